The molecule has 1 aliphatic heterocycles. The average molecular weight is 390 g/mol. The van der Waals surface area contributed by atoms with E-state index in [1.165, 1.54) is 0 Å². The maximum Gasteiger partial charge on any atom is 0.230 e. The van der Waals surface area contributed by atoms with Crippen molar-refractivity contribution in [1.29, 1.82) is 0 Å². The van der Waals surface area contributed by atoms with E-state index in [0.717, 1.165) is 54.7 Å². The summed E-state index contributed by atoms with van der Waals surface area (Å²) in [6.07, 6.45) is 4.17. The summed E-state index contributed by atoms with van der Waals surface area (Å²) in [7, 11) is 0. The number of hydrogen-bond donors (Lipinski definition) is 1. The van der Waals surface area contributed by atoms with Crippen LogP contribution in [0.5, 0.6) is 0 Å². The Hall–Kier alpha value is -2.95. The average Bonchev–Trinajstić information content (AvgIpc) is 3.57. The van der Waals surface area contributed by atoms with Gasteiger partial charge in [0.2, 0.25) is 11.8 Å². The Kier molecular flexibility index (Phi) is 5.47. The largest absolute Gasteiger partial charge is 0.326 e. The zero-order valence-electron chi connectivity index (χ0n) is 16.7. The Balaban J connectivity index is 1.35. The lowest BCUT2D eigenvalue weighted by molar-refractivity contribution is -0.120. The van der Waals surface area contributed by atoms with Gasteiger partial charge in [-0.3, -0.25) is 14.4 Å². The summed E-state index contributed by atoms with van der Waals surface area (Å²) in [5.74, 6) is 0.232. The van der Waals surface area contributed by atoms with Crippen LogP contribution in [0.25, 0.3) is 0 Å². The quantitative estimate of drug-likeness (QED) is 0.749. The number of fused-ring (bicyclic) bond motifs is 1. The van der Waals surface area contributed by atoms with E-state index in [1.807, 2.05) is 42.2 Å². The number of carbonyl (C=O) groups excluding carboxylic acids is 3. The van der Waals surface area contributed by atoms with E-state index < -0.39 is 0 Å². The van der Waals surface area contributed by atoms with Crippen LogP contribution < -0.4 is 10.2 Å². The van der Waals surface area contributed by atoms with Gasteiger partial charge in [-0.15, -0.1) is 0 Å². The number of anilines is 2. The lowest BCUT2D eigenvalue weighted by atomic mass is 10.00. The lowest BCUT2D eigenvalue weighted by Crippen LogP contribution is -2.36. The van der Waals surface area contributed by atoms with Crippen molar-refractivity contribution in [3.63, 3.8) is 0 Å². The van der Waals surface area contributed by atoms with Crippen LogP contribution in [0.2, 0.25) is 0 Å². The Labute approximate surface area is 171 Å². The standard InChI is InChI=1S/C24H26N2O3/c1-16-4-6-17(7-5-16)22(27)12-13-23(28)25-20-10-11-21-19(15-20)3-2-14-26(21)24(29)18-8-9-18/h4-7,10-11,15,18H,2-3,8-9,12-14H2,1H3,(H,25,28). The van der Waals surface area contributed by atoms with Crippen LogP contribution >= 0.6 is 0 Å². The first-order chi connectivity index (χ1) is 14.0. The van der Waals surface area contributed by atoms with E-state index in [4.69, 9.17) is 0 Å². The third-order valence-electron chi connectivity index (χ3n) is 5.63. The second-order valence-electron chi connectivity index (χ2n) is 8.05. The van der Waals surface area contributed by atoms with Gasteiger partial charge in [-0.05, 0) is 56.4 Å². The van der Waals surface area contributed by atoms with Gasteiger partial charge < -0.3 is 10.2 Å². The Morgan fingerprint density at radius 2 is 1.79 bits per heavy atom. The van der Waals surface area contributed by atoms with Gasteiger partial charge in [0, 0.05) is 42.2 Å². The molecule has 2 amide bonds. The van der Waals surface area contributed by atoms with Gasteiger partial charge in [-0.1, -0.05) is 29.8 Å². The zero-order valence-corrected chi connectivity index (χ0v) is 16.7. The van der Waals surface area contributed by atoms with Crippen LogP contribution in [0, 0.1) is 12.8 Å². The van der Waals surface area contributed by atoms with E-state index in [1.54, 1.807) is 12.1 Å². The summed E-state index contributed by atoms with van der Waals surface area (Å²) in [5.41, 5.74) is 4.53. The van der Waals surface area contributed by atoms with Crippen molar-refractivity contribution in [2.24, 2.45) is 5.92 Å². The fraction of sp³-hybridized carbons (Fsp3) is 0.375. The van der Waals surface area contributed by atoms with E-state index in [0.29, 0.717) is 5.56 Å². The molecule has 2 aliphatic rings. The number of hydrogen-bond acceptors (Lipinski definition) is 3. The second-order valence-corrected chi connectivity index (χ2v) is 8.05. The molecule has 2 aromatic rings. The molecule has 0 saturated heterocycles. The fourth-order valence-electron chi connectivity index (χ4n) is 3.79. The molecule has 0 aromatic heterocycles. The minimum Gasteiger partial charge on any atom is -0.326 e. The van der Waals surface area contributed by atoms with Gasteiger partial charge in [0.05, 0.1) is 0 Å². The number of ketones is 1. The van der Waals surface area contributed by atoms with Crippen molar-refractivity contribution < 1.29 is 14.4 Å². The van der Waals surface area contributed by atoms with Gasteiger partial charge in [-0.25, -0.2) is 0 Å². The molecule has 0 spiro atoms. The van der Waals surface area contributed by atoms with Crippen LogP contribution in [0.15, 0.2) is 42.5 Å². The molecule has 1 fully saturated rings. The van der Waals surface area contributed by atoms with E-state index in [9.17, 15) is 14.4 Å². The topological polar surface area (TPSA) is 66.5 Å². The van der Waals surface area contributed by atoms with E-state index >= 15 is 0 Å². The maximum atomic E-state index is 12.5. The van der Waals surface area contributed by atoms with Gasteiger partial charge >= 0.3 is 0 Å². The predicted molar refractivity (Wildman–Crippen MR) is 113 cm³/mol. The van der Waals surface area contributed by atoms with Crippen LogP contribution in [0.3, 0.4) is 0 Å². The monoisotopic (exact) mass is 390 g/mol. The summed E-state index contributed by atoms with van der Waals surface area (Å²) in [6.45, 7) is 2.75. The van der Waals surface area contributed by atoms with E-state index in [-0.39, 0.29) is 36.4 Å². The summed E-state index contributed by atoms with van der Waals surface area (Å²) >= 11 is 0. The molecule has 2 aromatic carbocycles. The van der Waals surface area contributed by atoms with Crippen LogP contribution in [-0.2, 0) is 16.0 Å². The molecular weight excluding hydrogens is 364 g/mol. The summed E-state index contributed by atoms with van der Waals surface area (Å²) in [4.78, 5) is 39.0. The number of Topliss-reactive ketones (excluding diaryl/α,β-unsaturated/α-hetero) is 1. The zero-order chi connectivity index (χ0) is 20.4. The molecule has 5 heteroatoms. The number of benzene rings is 2. The highest BCUT2D eigenvalue weighted by Crippen LogP contribution is 2.36. The number of carbonyl (C=O) groups is 3. The first kappa shape index (κ1) is 19.4. The first-order valence-electron chi connectivity index (χ1n) is 10.4. The normalized spacial score (nSPS) is 15.6. The lowest BCUT2D eigenvalue weighted by Gasteiger charge is -2.30. The van der Waals surface area contributed by atoms with Gasteiger partial charge in [0.25, 0.3) is 0 Å². The van der Waals surface area contributed by atoms with Crippen molar-refractivity contribution in [3.8, 4) is 0 Å². The van der Waals surface area contributed by atoms with Crippen molar-refractivity contribution in [3.05, 3.63) is 59.2 Å². The molecular formula is C24H26N2O3. The molecule has 1 heterocycles. The number of nitrogens with zero attached hydrogens (tertiary/aromatic N) is 1. The highest BCUT2D eigenvalue weighted by molar-refractivity contribution is 6.00. The van der Waals surface area contributed by atoms with Crippen LogP contribution in [-0.4, -0.2) is 24.1 Å². The summed E-state index contributed by atoms with van der Waals surface area (Å²) < 4.78 is 0. The van der Waals surface area contributed by atoms with Crippen molar-refractivity contribution in [2.45, 2.75) is 45.4 Å². The minimum absolute atomic E-state index is 0.0279. The molecule has 150 valence electrons. The molecule has 0 unspecified atom stereocenters. The third kappa shape index (κ3) is 4.56. The molecule has 29 heavy (non-hydrogen) atoms. The first-order valence-corrected chi connectivity index (χ1v) is 10.4. The highest BCUT2D eigenvalue weighted by atomic mass is 16.2. The molecule has 1 saturated carbocycles. The number of rotatable bonds is 6. The SMILES string of the molecule is Cc1ccc(C(=O)CCC(=O)Nc2ccc3c(c2)CCCN3C(=O)C2CC2)cc1. The number of amides is 2. The molecule has 5 nitrogen and oxygen atoms in total. The number of aryl methyl sites for hydroxylation is 2. The van der Waals surface area contributed by atoms with Crippen LogP contribution in [0.4, 0.5) is 11.4 Å². The minimum atomic E-state index is -0.174. The predicted octanol–water partition coefficient (Wildman–Crippen LogP) is 4.29. The van der Waals surface area contributed by atoms with Crippen LogP contribution in [0.1, 0.15) is 53.6 Å². The molecule has 0 atom stereocenters. The molecule has 1 aliphatic carbocycles. The molecule has 0 bridgehead atoms. The van der Waals surface area contributed by atoms with Crippen molar-refractivity contribution >= 4 is 29.0 Å². The Morgan fingerprint density at radius 1 is 1.03 bits per heavy atom. The Morgan fingerprint density at radius 3 is 2.52 bits per heavy atom. The second kappa shape index (κ2) is 8.19. The van der Waals surface area contributed by atoms with Crippen molar-refractivity contribution in [2.75, 3.05) is 16.8 Å². The molecule has 4 rings (SSSR count). The number of nitrogens with one attached hydrogen (secondary N) is 1. The molecule has 0 radical (unpaired) electrons. The molecule has 1 N–H and O–H groups in total. The van der Waals surface area contributed by atoms with Gasteiger partial charge in [-0.2, -0.15) is 0 Å². The fourth-order valence-corrected chi connectivity index (χ4v) is 3.79. The summed E-state index contributed by atoms with van der Waals surface area (Å²) in [5, 5.41) is 2.89. The van der Waals surface area contributed by atoms with Gasteiger partial charge in [0.15, 0.2) is 5.78 Å². The highest BCUT2D eigenvalue weighted by Gasteiger charge is 2.35. The summed E-state index contributed by atoms with van der Waals surface area (Å²) in [6, 6.07) is 13.1. The van der Waals surface area contributed by atoms with Gasteiger partial charge in [0.1, 0.15) is 0 Å². The van der Waals surface area contributed by atoms with E-state index in [2.05, 4.69) is 5.32 Å². The smallest absolute Gasteiger partial charge is 0.230 e. The third-order valence-corrected chi connectivity index (χ3v) is 5.63. The Bertz CT molecular complexity index is 945. The van der Waals surface area contributed by atoms with Crippen molar-refractivity contribution in [1.82, 2.24) is 0 Å². The maximum absolute atomic E-state index is 12.5.